The van der Waals surface area contributed by atoms with Gasteiger partial charge < -0.3 is 5.11 Å². The van der Waals surface area contributed by atoms with Gasteiger partial charge in [0.2, 0.25) is 0 Å². The van der Waals surface area contributed by atoms with Crippen molar-refractivity contribution in [3.63, 3.8) is 0 Å². The Morgan fingerprint density at radius 3 is 2.86 bits per heavy atom. The minimum absolute atomic E-state index is 0.368. The molecule has 0 unspecified atom stereocenters. The number of rotatable bonds is 1. The van der Waals surface area contributed by atoms with Crippen molar-refractivity contribution in [3.05, 3.63) is 33.7 Å². The van der Waals surface area contributed by atoms with Gasteiger partial charge in [0.15, 0.2) is 0 Å². The second kappa shape index (κ2) is 3.26. The van der Waals surface area contributed by atoms with Gasteiger partial charge in [0, 0.05) is 20.0 Å². The molecule has 0 aliphatic rings. The molecule has 0 radical (unpaired) electrons. The lowest BCUT2D eigenvalue weighted by molar-refractivity contribution is 0.0699. The van der Waals surface area contributed by atoms with E-state index in [4.69, 9.17) is 16.7 Å². The third kappa shape index (κ3) is 1.38. The molecule has 2 nitrogen and oxygen atoms in total. The topological polar surface area (TPSA) is 37.3 Å². The fraction of sp³-hybridized carbons (Fsp3) is 0.100. The fourth-order valence-electron chi connectivity index (χ4n) is 1.46. The first-order chi connectivity index (χ1) is 6.59. The molecule has 0 saturated carbocycles. The van der Waals surface area contributed by atoms with E-state index in [2.05, 4.69) is 0 Å². The zero-order valence-corrected chi connectivity index (χ0v) is 8.95. The van der Waals surface area contributed by atoms with Crippen LogP contribution in [-0.4, -0.2) is 11.1 Å². The number of benzene rings is 1. The summed E-state index contributed by atoms with van der Waals surface area (Å²) in [5.41, 5.74) is 0.368. The summed E-state index contributed by atoms with van der Waals surface area (Å²) in [6.07, 6.45) is 0. The van der Waals surface area contributed by atoms with Crippen LogP contribution in [0.15, 0.2) is 18.2 Å². The second-order valence-corrected chi connectivity index (χ2v) is 4.67. The van der Waals surface area contributed by atoms with Crippen LogP contribution in [0, 0.1) is 6.92 Å². The molecular weight excluding hydrogens is 220 g/mol. The molecule has 4 heteroatoms. The maximum atomic E-state index is 11.0. The van der Waals surface area contributed by atoms with Gasteiger partial charge in [0.25, 0.3) is 0 Å². The molecule has 0 aliphatic carbocycles. The number of halogens is 1. The summed E-state index contributed by atoms with van der Waals surface area (Å²) in [7, 11) is 0. The van der Waals surface area contributed by atoms with Gasteiger partial charge in [-0.1, -0.05) is 11.6 Å². The largest absolute Gasteiger partial charge is 0.478 e. The van der Waals surface area contributed by atoms with E-state index < -0.39 is 5.97 Å². The minimum Gasteiger partial charge on any atom is -0.478 e. The van der Waals surface area contributed by atoms with E-state index in [9.17, 15) is 4.79 Å². The lowest BCUT2D eigenvalue weighted by Crippen LogP contribution is -1.96. The summed E-state index contributed by atoms with van der Waals surface area (Å²) in [4.78, 5) is 11.8. The van der Waals surface area contributed by atoms with Crippen LogP contribution >= 0.6 is 22.9 Å². The van der Waals surface area contributed by atoms with Crippen molar-refractivity contribution in [2.24, 2.45) is 0 Å². The maximum Gasteiger partial charge on any atom is 0.337 e. The highest BCUT2D eigenvalue weighted by Crippen LogP contribution is 2.32. The monoisotopic (exact) mass is 226 g/mol. The third-order valence-electron chi connectivity index (χ3n) is 2.04. The lowest BCUT2D eigenvalue weighted by atomic mass is 10.1. The van der Waals surface area contributed by atoms with E-state index in [0.717, 1.165) is 15.0 Å². The smallest absolute Gasteiger partial charge is 0.337 e. The first-order valence-corrected chi connectivity index (χ1v) is 5.21. The van der Waals surface area contributed by atoms with E-state index in [1.165, 1.54) is 11.3 Å². The molecule has 0 saturated heterocycles. The van der Waals surface area contributed by atoms with Crippen molar-refractivity contribution in [2.45, 2.75) is 6.92 Å². The number of aromatic carboxylic acids is 1. The van der Waals surface area contributed by atoms with Gasteiger partial charge in [0.1, 0.15) is 0 Å². The van der Waals surface area contributed by atoms with E-state index >= 15 is 0 Å². The molecule has 0 atom stereocenters. The molecule has 1 aromatic carbocycles. The van der Waals surface area contributed by atoms with Crippen LogP contribution in [0.25, 0.3) is 10.1 Å². The average Bonchev–Trinajstić information content (AvgIpc) is 2.40. The number of carbonyl (C=O) groups is 1. The van der Waals surface area contributed by atoms with Crippen molar-refractivity contribution in [3.8, 4) is 0 Å². The number of carboxylic acids is 1. The Hall–Kier alpha value is -1.06. The molecule has 0 bridgehead atoms. The van der Waals surface area contributed by atoms with E-state index in [1.807, 2.05) is 13.0 Å². The Balaban J connectivity index is 2.86. The molecule has 0 aliphatic heterocycles. The Kier molecular flexibility index (Phi) is 2.21. The summed E-state index contributed by atoms with van der Waals surface area (Å²) in [6, 6.07) is 5.32. The van der Waals surface area contributed by atoms with Gasteiger partial charge in [-0.25, -0.2) is 4.79 Å². The van der Waals surface area contributed by atoms with Crippen molar-refractivity contribution >= 4 is 39.0 Å². The zero-order valence-electron chi connectivity index (χ0n) is 7.37. The van der Waals surface area contributed by atoms with Crippen LogP contribution in [0.4, 0.5) is 0 Å². The molecule has 2 aromatic rings. The summed E-state index contributed by atoms with van der Waals surface area (Å²) in [5, 5.41) is 10.3. The lowest BCUT2D eigenvalue weighted by Gasteiger charge is -1.94. The number of hydrogen-bond acceptors (Lipinski definition) is 2. The van der Waals surface area contributed by atoms with Crippen LogP contribution in [0.5, 0.6) is 0 Å². The normalized spacial score (nSPS) is 10.7. The highest BCUT2D eigenvalue weighted by molar-refractivity contribution is 7.19. The van der Waals surface area contributed by atoms with Gasteiger partial charge >= 0.3 is 5.97 Å². The molecule has 14 heavy (non-hydrogen) atoms. The van der Waals surface area contributed by atoms with Crippen LogP contribution in [0.2, 0.25) is 5.02 Å². The van der Waals surface area contributed by atoms with Crippen LogP contribution in [0.3, 0.4) is 0 Å². The van der Waals surface area contributed by atoms with Crippen LogP contribution in [0.1, 0.15) is 15.2 Å². The Bertz CT molecular complexity index is 516. The molecule has 1 N–H and O–H groups in total. The molecule has 1 heterocycles. The van der Waals surface area contributed by atoms with Crippen LogP contribution < -0.4 is 0 Å². The molecule has 0 fully saturated rings. The SMILES string of the molecule is Cc1sc2ccc(Cl)cc2c1C(=O)O. The molecule has 1 aromatic heterocycles. The van der Waals surface area contributed by atoms with Gasteiger partial charge in [-0.05, 0) is 25.1 Å². The summed E-state index contributed by atoms with van der Waals surface area (Å²) in [6.45, 7) is 1.81. The molecule has 0 amide bonds. The summed E-state index contributed by atoms with van der Waals surface area (Å²) in [5.74, 6) is -0.893. The number of carboxylic acid groups (broad SMARTS) is 1. The number of thiophene rings is 1. The van der Waals surface area contributed by atoms with E-state index in [0.29, 0.717) is 10.6 Å². The summed E-state index contributed by atoms with van der Waals surface area (Å²) >= 11 is 7.29. The highest BCUT2D eigenvalue weighted by Gasteiger charge is 2.15. The zero-order chi connectivity index (χ0) is 10.3. The average molecular weight is 227 g/mol. The van der Waals surface area contributed by atoms with E-state index in [1.54, 1.807) is 12.1 Å². The van der Waals surface area contributed by atoms with Crippen molar-refractivity contribution < 1.29 is 9.90 Å². The summed E-state index contributed by atoms with van der Waals surface area (Å²) < 4.78 is 0.962. The predicted molar refractivity (Wildman–Crippen MR) is 58.5 cm³/mol. The van der Waals surface area contributed by atoms with Crippen molar-refractivity contribution in [1.82, 2.24) is 0 Å². The highest BCUT2D eigenvalue weighted by atomic mass is 35.5. The predicted octanol–water partition coefficient (Wildman–Crippen LogP) is 3.56. The maximum absolute atomic E-state index is 11.0. The van der Waals surface area contributed by atoms with E-state index in [-0.39, 0.29) is 0 Å². The molecule has 72 valence electrons. The van der Waals surface area contributed by atoms with Crippen molar-refractivity contribution in [1.29, 1.82) is 0 Å². The quantitative estimate of drug-likeness (QED) is 0.807. The molecular formula is C10H7ClO2S. The van der Waals surface area contributed by atoms with Gasteiger partial charge in [-0.3, -0.25) is 0 Å². The van der Waals surface area contributed by atoms with Gasteiger partial charge in [-0.15, -0.1) is 11.3 Å². The van der Waals surface area contributed by atoms with Crippen LogP contribution in [-0.2, 0) is 0 Å². The first-order valence-electron chi connectivity index (χ1n) is 4.01. The molecule has 2 rings (SSSR count). The number of hydrogen-bond donors (Lipinski definition) is 1. The standard InChI is InChI=1S/C10H7ClO2S/c1-5-9(10(12)13)7-4-6(11)2-3-8(7)14-5/h2-4H,1H3,(H,12,13). The molecule has 0 spiro atoms. The van der Waals surface area contributed by atoms with Gasteiger partial charge in [-0.2, -0.15) is 0 Å². The number of aryl methyl sites for hydroxylation is 1. The minimum atomic E-state index is -0.893. The third-order valence-corrected chi connectivity index (χ3v) is 3.36. The number of fused-ring (bicyclic) bond motifs is 1. The second-order valence-electron chi connectivity index (χ2n) is 2.98. The Labute approximate surface area is 89.7 Å². The Morgan fingerprint density at radius 2 is 2.21 bits per heavy atom. The Morgan fingerprint density at radius 1 is 1.50 bits per heavy atom. The first kappa shape index (κ1) is 9.49. The fourth-order valence-corrected chi connectivity index (χ4v) is 2.67. The van der Waals surface area contributed by atoms with Crippen molar-refractivity contribution in [2.75, 3.05) is 0 Å². The van der Waals surface area contributed by atoms with Gasteiger partial charge in [0.05, 0.1) is 5.56 Å².